The second-order valence-corrected chi connectivity index (χ2v) is 5.66. The van der Waals surface area contributed by atoms with Crippen LogP contribution in [0.4, 0.5) is 10.1 Å². The van der Waals surface area contributed by atoms with Crippen LogP contribution in [-0.2, 0) is 10.0 Å². The number of nitro groups is 1. The molecule has 12 heteroatoms. The van der Waals surface area contributed by atoms with Crippen molar-refractivity contribution in [3.8, 4) is 0 Å². The largest absolute Gasteiger partial charge is 0.292 e. The predicted octanol–water partition coefficient (Wildman–Crippen LogP) is 0.286. The number of hydrogen-bond donors (Lipinski definition) is 2. The number of benzene rings is 1. The first-order valence-corrected chi connectivity index (χ1v) is 6.99. The number of tetrazole rings is 1. The predicted molar refractivity (Wildman–Crippen MR) is 66.0 cm³/mol. The Morgan fingerprint density at radius 1 is 1.48 bits per heavy atom. The molecule has 0 aliphatic carbocycles. The van der Waals surface area contributed by atoms with Gasteiger partial charge in [-0.25, -0.2) is 17.5 Å². The van der Waals surface area contributed by atoms with E-state index in [1.54, 1.807) is 0 Å². The average Bonchev–Trinajstić information content (AvgIpc) is 2.91. The van der Waals surface area contributed by atoms with Gasteiger partial charge in [0.2, 0.25) is 10.0 Å². The number of aromatic amines is 1. The van der Waals surface area contributed by atoms with E-state index in [0.717, 1.165) is 12.1 Å². The van der Waals surface area contributed by atoms with E-state index in [1.165, 1.54) is 6.92 Å². The van der Waals surface area contributed by atoms with Gasteiger partial charge in [0.05, 0.1) is 17.0 Å². The standard InChI is InChI=1S/C9H9FN6O4S/c1-5(9-11-14-15-12-9)13-21(19,20)8-3-2-6(10)4-7(8)16(17)18/h2-5,13H,1H3,(H,11,12,14,15). The minimum Gasteiger partial charge on any atom is -0.258 e. The van der Waals surface area contributed by atoms with Crippen LogP contribution in [0.1, 0.15) is 18.8 Å². The van der Waals surface area contributed by atoms with E-state index in [9.17, 15) is 22.9 Å². The minimum absolute atomic E-state index is 0.0586. The summed E-state index contributed by atoms with van der Waals surface area (Å²) in [5.41, 5.74) is -0.859. The van der Waals surface area contributed by atoms with Crippen LogP contribution in [-0.4, -0.2) is 34.0 Å². The van der Waals surface area contributed by atoms with Gasteiger partial charge in [0.1, 0.15) is 5.82 Å². The quantitative estimate of drug-likeness (QED) is 0.595. The Morgan fingerprint density at radius 2 is 2.19 bits per heavy atom. The summed E-state index contributed by atoms with van der Waals surface area (Å²) < 4.78 is 39.5. The van der Waals surface area contributed by atoms with E-state index in [2.05, 4.69) is 25.3 Å². The third-order valence-electron chi connectivity index (χ3n) is 2.49. The van der Waals surface area contributed by atoms with Gasteiger partial charge in [0, 0.05) is 0 Å². The Morgan fingerprint density at radius 3 is 2.76 bits per heavy atom. The summed E-state index contributed by atoms with van der Waals surface area (Å²) in [6, 6.07) is 1.30. The van der Waals surface area contributed by atoms with Gasteiger partial charge in [-0.05, 0) is 19.1 Å². The number of H-pyrrole nitrogens is 1. The molecule has 1 aromatic heterocycles. The van der Waals surface area contributed by atoms with E-state index in [-0.39, 0.29) is 5.82 Å². The highest BCUT2D eigenvalue weighted by molar-refractivity contribution is 7.89. The molecule has 2 rings (SSSR count). The van der Waals surface area contributed by atoms with Crippen molar-refractivity contribution in [2.24, 2.45) is 0 Å². The van der Waals surface area contributed by atoms with E-state index >= 15 is 0 Å². The summed E-state index contributed by atoms with van der Waals surface area (Å²) >= 11 is 0. The molecule has 10 nitrogen and oxygen atoms in total. The molecule has 21 heavy (non-hydrogen) atoms. The van der Waals surface area contributed by atoms with E-state index < -0.39 is 37.4 Å². The van der Waals surface area contributed by atoms with Gasteiger partial charge in [0.25, 0.3) is 5.69 Å². The Balaban J connectivity index is 2.38. The molecule has 0 aliphatic rings. The number of hydrogen-bond acceptors (Lipinski definition) is 7. The maximum Gasteiger partial charge on any atom is 0.292 e. The zero-order chi connectivity index (χ0) is 15.6. The number of nitrogens with zero attached hydrogens (tertiary/aromatic N) is 4. The van der Waals surface area contributed by atoms with Gasteiger partial charge in [-0.15, -0.1) is 10.2 Å². The molecule has 2 aromatic rings. The van der Waals surface area contributed by atoms with Crippen molar-refractivity contribution in [3.63, 3.8) is 0 Å². The molecular weight excluding hydrogens is 307 g/mol. The van der Waals surface area contributed by atoms with Gasteiger partial charge >= 0.3 is 0 Å². The summed E-state index contributed by atoms with van der Waals surface area (Å²) in [7, 11) is -4.26. The van der Waals surface area contributed by atoms with E-state index in [0.29, 0.717) is 6.07 Å². The molecule has 2 N–H and O–H groups in total. The Hall–Kier alpha value is -2.47. The number of aromatic nitrogens is 4. The van der Waals surface area contributed by atoms with Crippen molar-refractivity contribution in [3.05, 3.63) is 40.0 Å². The second-order valence-electron chi connectivity index (χ2n) is 3.98. The van der Waals surface area contributed by atoms with E-state index in [1.807, 2.05) is 0 Å². The summed E-state index contributed by atoms with van der Waals surface area (Å²) in [6.07, 6.45) is 0. The number of nitrogens with one attached hydrogen (secondary N) is 2. The lowest BCUT2D eigenvalue weighted by atomic mass is 10.3. The Bertz CT molecular complexity index is 763. The van der Waals surface area contributed by atoms with Gasteiger partial charge in [-0.1, -0.05) is 5.21 Å². The molecule has 1 unspecified atom stereocenters. The maximum atomic E-state index is 13.0. The zero-order valence-electron chi connectivity index (χ0n) is 10.5. The molecule has 0 saturated heterocycles. The van der Waals surface area contributed by atoms with Gasteiger partial charge in [-0.2, -0.15) is 5.21 Å². The van der Waals surface area contributed by atoms with Crippen molar-refractivity contribution in [2.45, 2.75) is 17.9 Å². The molecule has 1 atom stereocenters. The lowest BCUT2D eigenvalue weighted by molar-refractivity contribution is -0.388. The fourth-order valence-electron chi connectivity index (χ4n) is 1.56. The molecule has 0 bridgehead atoms. The van der Waals surface area contributed by atoms with Crippen molar-refractivity contribution in [1.82, 2.24) is 25.3 Å². The summed E-state index contributed by atoms with van der Waals surface area (Å²) in [4.78, 5) is 9.22. The first-order chi connectivity index (χ1) is 9.81. The molecule has 0 fully saturated rings. The number of nitro benzene ring substituents is 1. The summed E-state index contributed by atoms with van der Waals surface area (Å²) in [6.45, 7) is 1.43. The van der Waals surface area contributed by atoms with E-state index in [4.69, 9.17) is 0 Å². The third-order valence-corrected chi connectivity index (χ3v) is 4.08. The van der Waals surface area contributed by atoms with Crippen molar-refractivity contribution >= 4 is 15.7 Å². The SMILES string of the molecule is CC(NS(=O)(=O)c1ccc(F)cc1[N+](=O)[O-])c1nn[nH]n1. The lowest BCUT2D eigenvalue weighted by Gasteiger charge is -2.11. The molecule has 0 aliphatic heterocycles. The summed E-state index contributed by atoms with van der Waals surface area (Å²) in [5.74, 6) is -0.852. The molecule has 1 heterocycles. The highest BCUT2D eigenvalue weighted by atomic mass is 32.2. The molecule has 112 valence electrons. The number of halogens is 1. The molecule has 0 amide bonds. The average molecular weight is 316 g/mol. The number of rotatable bonds is 5. The van der Waals surface area contributed by atoms with Gasteiger partial charge < -0.3 is 0 Å². The highest BCUT2D eigenvalue weighted by Gasteiger charge is 2.28. The van der Waals surface area contributed by atoms with Crippen molar-refractivity contribution in [2.75, 3.05) is 0 Å². The van der Waals surface area contributed by atoms with Crippen LogP contribution in [0.15, 0.2) is 23.1 Å². The normalized spacial score (nSPS) is 13.0. The van der Waals surface area contributed by atoms with Gasteiger partial charge in [0.15, 0.2) is 10.7 Å². The fraction of sp³-hybridized carbons (Fsp3) is 0.222. The molecule has 0 radical (unpaired) electrons. The summed E-state index contributed by atoms with van der Waals surface area (Å²) in [5, 5.41) is 23.5. The molecule has 1 aromatic carbocycles. The van der Waals surface area contributed by atoms with Crippen molar-refractivity contribution in [1.29, 1.82) is 0 Å². The second kappa shape index (κ2) is 5.49. The lowest BCUT2D eigenvalue weighted by Crippen LogP contribution is -2.28. The van der Waals surface area contributed by atoms with Gasteiger partial charge in [-0.3, -0.25) is 10.1 Å². The zero-order valence-corrected chi connectivity index (χ0v) is 11.3. The first-order valence-electron chi connectivity index (χ1n) is 5.51. The maximum absolute atomic E-state index is 13.0. The third kappa shape index (κ3) is 3.17. The van der Waals surface area contributed by atoms with Crippen LogP contribution in [0.3, 0.4) is 0 Å². The minimum atomic E-state index is -4.26. The highest BCUT2D eigenvalue weighted by Crippen LogP contribution is 2.25. The van der Waals surface area contributed by atoms with Crippen LogP contribution >= 0.6 is 0 Å². The monoisotopic (exact) mass is 316 g/mol. The molecule has 0 spiro atoms. The van der Waals surface area contributed by atoms with Crippen LogP contribution < -0.4 is 4.72 Å². The van der Waals surface area contributed by atoms with Crippen LogP contribution in [0, 0.1) is 15.9 Å². The Labute approximate surface area is 117 Å². The van der Waals surface area contributed by atoms with Crippen LogP contribution in [0.25, 0.3) is 0 Å². The van der Waals surface area contributed by atoms with Crippen LogP contribution in [0.2, 0.25) is 0 Å². The fourth-order valence-corrected chi connectivity index (χ4v) is 2.92. The molecular formula is C9H9FN6O4S. The number of sulfonamides is 1. The first kappa shape index (κ1) is 14.9. The topological polar surface area (TPSA) is 144 Å². The Kier molecular flexibility index (Phi) is 3.90. The van der Waals surface area contributed by atoms with Crippen LogP contribution in [0.5, 0.6) is 0 Å². The molecule has 0 saturated carbocycles. The van der Waals surface area contributed by atoms with Crippen molar-refractivity contribution < 1.29 is 17.7 Å². The smallest absolute Gasteiger partial charge is 0.258 e.